The van der Waals surface area contributed by atoms with Crippen molar-refractivity contribution in [2.24, 2.45) is 0 Å². The van der Waals surface area contributed by atoms with Gasteiger partial charge in [0.2, 0.25) is 5.88 Å². The van der Waals surface area contributed by atoms with Gasteiger partial charge >= 0.3 is 5.97 Å². The Morgan fingerprint density at radius 3 is 2.64 bits per heavy atom. The molecule has 1 aromatic carbocycles. The number of carbonyl (C=O) groups is 2. The summed E-state index contributed by atoms with van der Waals surface area (Å²) in [7, 11) is 1.49. The normalized spacial score (nSPS) is 14.8. The van der Waals surface area contributed by atoms with Gasteiger partial charge in [-0.15, -0.1) is 0 Å². The first kappa shape index (κ1) is 22.5. The molecule has 0 radical (unpaired) electrons. The third kappa shape index (κ3) is 4.32. The number of aromatic nitrogens is 2. The Bertz CT molecular complexity index is 1400. The number of nitrogens with zero attached hydrogens (tertiary/aromatic N) is 3. The fraction of sp³-hybridized carbons (Fsp3) is 0.136. The first-order valence-corrected chi connectivity index (χ1v) is 10.8. The lowest BCUT2D eigenvalue weighted by molar-refractivity contribution is -0.140. The second kappa shape index (κ2) is 9.04. The molecule has 0 aliphatic carbocycles. The molecule has 3 heterocycles. The maximum absolute atomic E-state index is 13.4. The summed E-state index contributed by atoms with van der Waals surface area (Å²) in [5.74, 6) is -1.07. The van der Waals surface area contributed by atoms with E-state index in [0.717, 1.165) is 22.2 Å². The Balaban J connectivity index is 1.89. The van der Waals surface area contributed by atoms with Crippen LogP contribution in [0.3, 0.4) is 0 Å². The molecule has 2 aromatic heterocycles. The van der Waals surface area contributed by atoms with Crippen LogP contribution < -0.4 is 15.0 Å². The number of pyridine rings is 1. The molecule has 0 unspecified atom stereocenters. The van der Waals surface area contributed by atoms with Crippen LogP contribution in [0.25, 0.3) is 11.7 Å². The van der Waals surface area contributed by atoms with Crippen molar-refractivity contribution in [3.63, 3.8) is 0 Å². The number of benzene rings is 1. The third-order valence-corrected chi connectivity index (χ3v) is 6.15. The van der Waals surface area contributed by atoms with Crippen LogP contribution in [-0.2, 0) is 9.59 Å². The van der Waals surface area contributed by atoms with Gasteiger partial charge in [-0.1, -0.05) is 42.2 Å². The van der Waals surface area contributed by atoms with Crippen LogP contribution in [-0.4, -0.2) is 49.2 Å². The summed E-state index contributed by atoms with van der Waals surface area (Å²) in [4.78, 5) is 42.8. The number of para-hydroxylation sites is 2. The number of methoxy groups -OCH3 is 1. The molecule has 0 atom stereocenters. The number of carboxylic acids is 1. The van der Waals surface area contributed by atoms with E-state index < -0.39 is 24.0 Å². The fourth-order valence-electron chi connectivity index (χ4n) is 3.20. The molecule has 1 saturated heterocycles. The molecule has 168 valence electrons. The van der Waals surface area contributed by atoms with E-state index in [1.165, 1.54) is 17.6 Å². The zero-order chi connectivity index (χ0) is 23.7. The van der Waals surface area contributed by atoms with Crippen molar-refractivity contribution in [3.8, 4) is 17.4 Å². The van der Waals surface area contributed by atoms with Crippen LogP contribution in [0.5, 0.6) is 17.4 Å². The number of hydrogen-bond donors (Lipinski definition) is 1. The molecule has 1 aliphatic heterocycles. The molecule has 1 fully saturated rings. The Morgan fingerprint density at radius 1 is 1.21 bits per heavy atom. The van der Waals surface area contributed by atoms with Gasteiger partial charge in [-0.2, -0.15) is 4.98 Å². The molecule has 4 rings (SSSR count). The minimum Gasteiger partial charge on any atom is -0.493 e. The molecule has 1 amide bonds. The molecular formula is C22H17N3O6S2. The van der Waals surface area contributed by atoms with Gasteiger partial charge in [-0.05, 0) is 36.8 Å². The van der Waals surface area contributed by atoms with Crippen LogP contribution in [0.4, 0.5) is 0 Å². The van der Waals surface area contributed by atoms with Gasteiger partial charge in [0.25, 0.3) is 11.5 Å². The van der Waals surface area contributed by atoms with Gasteiger partial charge in [0, 0.05) is 6.20 Å². The Morgan fingerprint density at radius 2 is 1.94 bits per heavy atom. The van der Waals surface area contributed by atoms with Gasteiger partial charge < -0.3 is 14.6 Å². The van der Waals surface area contributed by atoms with Crippen molar-refractivity contribution in [3.05, 3.63) is 69.0 Å². The second-order valence-electron chi connectivity index (χ2n) is 6.94. The smallest absolute Gasteiger partial charge is 0.323 e. The molecule has 0 spiro atoms. The minimum absolute atomic E-state index is 0.0137. The summed E-state index contributed by atoms with van der Waals surface area (Å²) in [5.41, 5.74) is 0.693. The summed E-state index contributed by atoms with van der Waals surface area (Å²) < 4.78 is 12.8. The molecule has 11 heteroatoms. The number of aryl methyl sites for hydroxylation is 1. The summed E-state index contributed by atoms with van der Waals surface area (Å²) >= 11 is 6.05. The van der Waals surface area contributed by atoms with Gasteiger partial charge in [0.15, 0.2) is 11.5 Å². The van der Waals surface area contributed by atoms with Crippen LogP contribution in [0.1, 0.15) is 11.1 Å². The predicted molar refractivity (Wildman–Crippen MR) is 127 cm³/mol. The number of hydrogen-bond acceptors (Lipinski definition) is 8. The highest BCUT2D eigenvalue weighted by atomic mass is 32.2. The Kier molecular flexibility index (Phi) is 6.16. The number of thiocarbonyl (C=S) groups is 1. The van der Waals surface area contributed by atoms with Gasteiger partial charge in [-0.3, -0.25) is 23.7 Å². The number of fused-ring (bicyclic) bond motifs is 1. The number of rotatable bonds is 6. The van der Waals surface area contributed by atoms with E-state index in [0.29, 0.717) is 17.1 Å². The quantitative estimate of drug-likeness (QED) is 0.418. The number of carbonyl (C=O) groups excluding carboxylic acids is 1. The van der Waals surface area contributed by atoms with E-state index >= 15 is 0 Å². The van der Waals surface area contributed by atoms with E-state index in [2.05, 4.69) is 4.98 Å². The number of carboxylic acid groups (broad SMARTS) is 1. The van der Waals surface area contributed by atoms with Crippen LogP contribution in [0.15, 0.2) is 52.3 Å². The minimum atomic E-state index is -1.20. The molecule has 0 bridgehead atoms. The molecule has 3 aromatic rings. The van der Waals surface area contributed by atoms with Crippen LogP contribution in [0, 0.1) is 6.92 Å². The predicted octanol–water partition coefficient (Wildman–Crippen LogP) is 3.09. The van der Waals surface area contributed by atoms with Crippen molar-refractivity contribution >= 4 is 51.9 Å². The van der Waals surface area contributed by atoms with E-state index in [4.69, 9.17) is 26.8 Å². The fourth-order valence-corrected chi connectivity index (χ4v) is 4.44. The van der Waals surface area contributed by atoms with Gasteiger partial charge in [0.1, 0.15) is 22.1 Å². The Labute approximate surface area is 197 Å². The summed E-state index contributed by atoms with van der Waals surface area (Å²) in [5, 5.41) is 9.05. The zero-order valence-corrected chi connectivity index (χ0v) is 19.1. The van der Waals surface area contributed by atoms with Crippen molar-refractivity contribution in [2.75, 3.05) is 13.7 Å². The van der Waals surface area contributed by atoms with Crippen molar-refractivity contribution < 1.29 is 24.2 Å². The molecule has 1 N–H and O–H groups in total. The topological polar surface area (TPSA) is 110 Å². The maximum Gasteiger partial charge on any atom is 0.323 e. The van der Waals surface area contributed by atoms with Crippen molar-refractivity contribution in [2.45, 2.75) is 6.92 Å². The average Bonchev–Trinajstić information content (AvgIpc) is 3.04. The molecule has 0 saturated carbocycles. The second-order valence-corrected chi connectivity index (χ2v) is 8.61. The van der Waals surface area contributed by atoms with Crippen molar-refractivity contribution in [1.82, 2.24) is 14.3 Å². The number of aliphatic carboxylic acids is 1. The monoisotopic (exact) mass is 483 g/mol. The number of thioether (sulfide) groups is 1. The van der Waals surface area contributed by atoms with Crippen LogP contribution >= 0.6 is 24.0 Å². The maximum atomic E-state index is 13.4. The van der Waals surface area contributed by atoms with Gasteiger partial charge in [-0.25, -0.2) is 0 Å². The first-order chi connectivity index (χ1) is 15.8. The Hall–Kier alpha value is -3.70. The molecular weight excluding hydrogens is 466 g/mol. The first-order valence-electron chi connectivity index (χ1n) is 9.60. The van der Waals surface area contributed by atoms with Crippen LogP contribution in [0.2, 0.25) is 0 Å². The summed E-state index contributed by atoms with van der Waals surface area (Å²) in [6.07, 6.45) is 2.90. The molecule has 1 aliphatic rings. The standard InChI is InChI=1S/C22H17N3O6S2/c1-12-6-5-9-24-18(12)23-19(31-15-8-4-3-7-14(15)30-2)13(20(24)28)10-16-21(29)25(11-17(26)27)22(32)33-16/h3-10H,11H2,1-2H3,(H,26,27). The van der Waals surface area contributed by atoms with E-state index in [9.17, 15) is 14.4 Å². The lowest BCUT2D eigenvalue weighted by atomic mass is 10.2. The summed E-state index contributed by atoms with van der Waals surface area (Å²) in [6, 6.07) is 10.4. The van der Waals surface area contributed by atoms with Gasteiger partial charge in [0.05, 0.1) is 12.0 Å². The van der Waals surface area contributed by atoms with E-state index in [-0.39, 0.29) is 20.7 Å². The number of ether oxygens (including phenoxy) is 2. The zero-order valence-electron chi connectivity index (χ0n) is 17.5. The van der Waals surface area contributed by atoms with E-state index in [1.54, 1.807) is 36.5 Å². The molecule has 9 nitrogen and oxygen atoms in total. The highest BCUT2D eigenvalue weighted by Crippen LogP contribution is 2.35. The van der Waals surface area contributed by atoms with E-state index in [1.807, 2.05) is 13.0 Å². The molecule has 33 heavy (non-hydrogen) atoms. The van der Waals surface area contributed by atoms with Crippen molar-refractivity contribution in [1.29, 1.82) is 0 Å². The number of amides is 1. The lowest BCUT2D eigenvalue weighted by Crippen LogP contribution is -2.33. The highest BCUT2D eigenvalue weighted by molar-refractivity contribution is 8.26. The highest BCUT2D eigenvalue weighted by Gasteiger charge is 2.34. The lowest BCUT2D eigenvalue weighted by Gasteiger charge is -2.13. The summed E-state index contributed by atoms with van der Waals surface area (Å²) in [6.45, 7) is 1.24. The third-order valence-electron chi connectivity index (χ3n) is 4.77. The SMILES string of the molecule is COc1ccccc1Oc1nc2c(C)cccn2c(=O)c1C=C1SC(=S)N(CC(=O)O)C1=O. The average molecular weight is 484 g/mol. The largest absolute Gasteiger partial charge is 0.493 e.